The van der Waals surface area contributed by atoms with Crippen molar-refractivity contribution in [3.05, 3.63) is 54.1 Å². The molecule has 0 amide bonds. The van der Waals surface area contributed by atoms with Crippen molar-refractivity contribution in [2.45, 2.75) is 44.2 Å². The van der Waals surface area contributed by atoms with Crippen LogP contribution in [0.3, 0.4) is 0 Å². The second-order valence-corrected chi connectivity index (χ2v) is 8.64. The molecular formula is C25H26N4O3S. The second-order valence-electron chi connectivity index (χ2n) is 7.58. The van der Waals surface area contributed by atoms with E-state index in [0.717, 1.165) is 12.2 Å². The van der Waals surface area contributed by atoms with E-state index in [1.165, 1.54) is 32.8 Å². The maximum Gasteiger partial charge on any atom is 0.270 e. The molecule has 0 saturated heterocycles. The number of thioether (sulfide) groups is 1. The van der Waals surface area contributed by atoms with Gasteiger partial charge in [-0.25, -0.2) is 4.99 Å². The van der Waals surface area contributed by atoms with Crippen molar-refractivity contribution in [2.75, 3.05) is 12.9 Å². The van der Waals surface area contributed by atoms with Gasteiger partial charge in [0.1, 0.15) is 5.75 Å². The van der Waals surface area contributed by atoms with Crippen molar-refractivity contribution in [2.24, 2.45) is 4.99 Å². The number of fused-ring (bicyclic) bond motifs is 3. The molecule has 0 saturated carbocycles. The first-order valence-electron chi connectivity index (χ1n) is 11.1. The van der Waals surface area contributed by atoms with Gasteiger partial charge in [0.15, 0.2) is 5.69 Å². The molecule has 0 N–H and O–H groups in total. The number of ketones is 1. The van der Waals surface area contributed by atoms with Crippen LogP contribution in [-0.2, 0) is 0 Å². The van der Waals surface area contributed by atoms with Crippen LogP contribution in [0.5, 0.6) is 11.6 Å². The summed E-state index contributed by atoms with van der Waals surface area (Å²) in [5.41, 5.74) is 2.11. The zero-order valence-electron chi connectivity index (χ0n) is 18.8. The number of aliphatic imine (C=N–C) groups is 1. The maximum absolute atomic E-state index is 13.3. The van der Waals surface area contributed by atoms with Crippen LogP contribution in [0.4, 0.5) is 5.69 Å². The number of hydrogen-bond acceptors (Lipinski definition) is 8. The molecule has 1 aromatic heterocycles. The predicted molar refractivity (Wildman–Crippen MR) is 130 cm³/mol. The summed E-state index contributed by atoms with van der Waals surface area (Å²) in [5.74, 6) is 1.11. The molecular weight excluding hydrogens is 436 g/mol. The number of carbonyl (C=O) groups is 1. The van der Waals surface area contributed by atoms with Crippen LogP contribution in [0.2, 0.25) is 0 Å². The SMILES string of the molecule is CCCCCCCSc1nnc2c(n1)OC(C(=O)c1ccccc1OC)=Nc1ccccc1-2. The number of rotatable bonds is 10. The number of hydrogen-bond donors (Lipinski definition) is 0. The van der Waals surface area contributed by atoms with Gasteiger partial charge >= 0.3 is 0 Å². The number of unbranched alkanes of at least 4 members (excludes halogenated alkanes) is 4. The van der Waals surface area contributed by atoms with E-state index in [2.05, 4.69) is 27.1 Å². The van der Waals surface area contributed by atoms with Crippen molar-refractivity contribution in [1.29, 1.82) is 0 Å². The van der Waals surface area contributed by atoms with E-state index >= 15 is 0 Å². The molecule has 2 heterocycles. The van der Waals surface area contributed by atoms with Gasteiger partial charge in [-0.2, -0.15) is 4.98 Å². The Labute approximate surface area is 197 Å². The van der Waals surface area contributed by atoms with E-state index in [1.54, 1.807) is 36.0 Å². The Morgan fingerprint density at radius 2 is 1.79 bits per heavy atom. The molecule has 0 fully saturated rings. The number of nitrogens with zero attached hydrogens (tertiary/aromatic N) is 4. The first-order chi connectivity index (χ1) is 16.2. The molecule has 1 aliphatic heterocycles. The lowest BCUT2D eigenvalue weighted by molar-refractivity contribution is 0.104. The number of Topliss-reactive ketones (excluding diaryl/α,β-unsaturated/α-hetero) is 1. The van der Waals surface area contributed by atoms with E-state index in [9.17, 15) is 4.79 Å². The number of ether oxygens (including phenoxy) is 2. The van der Waals surface area contributed by atoms with Crippen molar-refractivity contribution < 1.29 is 14.3 Å². The van der Waals surface area contributed by atoms with Gasteiger partial charge in [0.05, 0.1) is 18.4 Å². The monoisotopic (exact) mass is 462 g/mol. The lowest BCUT2D eigenvalue weighted by Gasteiger charge is -2.10. The molecule has 4 rings (SSSR count). The van der Waals surface area contributed by atoms with Crippen LogP contribution < -0.4 is 9.47 Å². The topological polar surface area (TPSA) is 86.6 Å². The predicted octanol–water partition coefficient (Wildman–Crippen LogP) is 5.92. The molecule has 0 aliphatic carbocycles. The van der Waals surface area contributed by atoms with Crippen LogP contribution in [0.25, 0.3) is 11.3 Å². The van der Waals surface area contributed by atoms with Crippen molar-refractivity contribution in [3.8, 4) is 22.9 Å². The maximum atomic E-state index is 13.3. The highest BCUT2D eigenvalue weighted by atomic mass is 32.2. The molecule has 0 bridgehead atoms. The smallest absolute Gasteiger partial charge is 0.270 e. The van der Waals surface area contributed by atoms with Crippen molar-refractivity contribution in [1.82, 2.24) is 15.2 Å². The third-order valence-electron chi connectivity index (χ3n) is 5.23. The van der Waals surface area contributed by atoms with Gasteiger partial charge in [-0.05, 0) is 24.6 Å². The Balaban J connectivity index is 1.62. The molecule has 0 unspecified atom stereocenters. The Kier molecular flexibility index (Phi) is 7.67. The third kappa shape index (κ3) is 5.39. The van der Waals surface area contributed by atoms with E-state index in [1.807, 2.05) is 24.3 Å². The average Bonchev–Trinajstić information content (AvgIpc) is 3.02. The molecule has 0 radical (unpaired) electrons. The minimum Gasteiger partial charge on any atom is -0.496 e. The minimum absolute atomic E-state index is 0.0817. The summed E-state index contributed by atoms with van der Waals surface area (Å²) in [4.78, 5) is 22.4. The van der Waals surface area contributed by atoms with E-state index < -0.39 is 0 Å². The number of para-hydroxylation sites is 2. The number of methoxy groups -OCH3 is 1. The van der Waals surface area contributed by atoms with Gasteiger partial charge in [0.25, 0.3) is 17.6 Å². The van der Waals surface area contributed by atoms with Crippen LogP contribution in [0.15, 0.2) is 58.7 Å². The van der Waals surface area contributed by atoms with Crippen LogP contribution in [-0.4, -0.2) is 39.7 Å². The first-order valence-corrected chi connectivity index (χ1v) is 12.1. The number of carbonyl (C=O) groups excluding carboxylic acids is 1. The highest BCUT2D eigenvalue weighted by molar-refractivity contribution is 7.99. The molecule has 0 spiro atoms. The van der Waals surface area contributed by atoms with Crippen molar-refractivity contribution in [3.63, 3.8) is 0 Å². The summed E-state index contributed by atoms with van der Waals surface area (Å²) >= 11 is 1.54. The standard InChI is InChI=1S/C25H26N4O3S/c1-3-4-5-6-11-16-33-25-27-23-21(28-29-25)17-12-7-9-14-19(17)26-24(32-23)22(30)18-13-8-10-15-20(18)31-2/h7-10,12-15H,3-6,11,16H2,1-2H3. The van der Waals surface area contributed by atoms with Crippen LogP contribution in [0, 0.1) is 0 Å². The minimum atomic E-state index is -0.390. The number of aromatic nitrogens is 3. The highest BCUT2D eigenvalue weighted by Gasteiger charge is 2.27. The molecule has 1 aliphatic rings. The fraction of sp³-hybridized carbons (Fsp3) is 0.320. The first kappa shape index (κ1) is 22.9. The zero-order chi connectivity index (χ0) is 23.0. The summed E-state index contributed by atoms with van der Waals surface area (Å²) in [6, 6.07) is 14.4. The van der Waals surface area contributed by atoms with Gasteiger partial charge < -0.3 is 9.47 Å². The third-order valence-corrected chi connectivity index (χ3v) is 6.16. The zero-order valence-corrected chi connectivity index (χ0v) is 19.6. The second kappa shape index (κ2) is 11.0. The van der Waals surface area contributed by atoms with Gasteiger partial charge in [0, 0.05) is 11.3 Å². The van der Waals surface area contributed by atoms with E-state index in [0.29, 0.717) is 33.4 Å². The molecule has 0 atom stereocenters. The normalized spacial score (nSPS) is 12.1. The number of benzene rings is 2. The molecule has 3 aromatic rings. The quantitative estimate of drug-likeness (QED) is 0.210. The molecule has 170 valence electrons. The lowest BCUT2D eigenvalue weighted by atomic mass is 10.1. The summed E-state index contributed by atoms with van der Waals surface area (Å²) in [7, 11) is 1.52. The van der Waals surface area contributed by atoms with E-state index in [4.69, 9.17) is 9.47 Å². The molecule has 7 nitrogen and oxygen atoms in total. The largest absolute Gasteiger partial charge is 0.496 e. The molecule has 2 aromatic carbocycles. The summed E-state index contributed by atoms with van der Waals surface area (Å²) in [5, 5.41) is 9.19. The van der Waals surface area contributed by atoms with Gasteiger partial charge in [-0.1, -0.05) is 74.7 Å². The summed E-state index contributed by atoms with van der Waals surface area (Å²) in [6.45, 7) is 2.21. The summed E-state index contributed by atoms with van der Waals surface area (Å²) in [6.07, 6.45) is 6.00. The Morgan fingerprint density at radius 3 is 2.64 bits per heavy atom. The fourth-order valence-corrected chi connectivity index (χ4v) is 4.28. The molecule has 33 heavy (non-hydrogen) atoms. The van der Waals surface area contributed by atoms with Crippen LogP contribution >= 0.6 is 11.8 Å². The van der Waals surface area contributed by atoms with E-state index in [-0.39, 0.29) is 17.6 Å². The Bertz CT molecular complexity index is 1170. The van der Waals surface area contributed by atoms with Gasteiger partial charge in [0.2, 0.25) is 5.16 Å². The Hall–Kier alpha value is -3.26. The van der Waals surface area contributed by atoms with Crippen LogP contribution in [0.1, 0.15) is 49.4 Å². The van der Waals surface area contributed by atoms with Gasteiger partial charge in [-0.15, -0.1) is 10.2 Å². The summed E-state index contributed by atoms with van der Waals surface area (Å²) < 4.78 is 11.3. The van der Waals surface area contributed by atoms with Gasteiger partial charge in [-0.3, -0.25) is 4.79 Å². The van der Waals surface area contributed by atoms with Crippen molar-refractivity contribution >= 4 is 29.1 Å². The average molecular weight is 463 g/mol. The highest BCUT2D eigenvalue weighted by Crippen LogP contribution is 2.37. The molecule has 8 heteroatoms. The fourth-order valence-electron chi connectivity index (χ4n) is 3.51. The Morgan fingerprint density at radius 1 is 1.00 bits per heavy atom. The lowest BCUT2D eigenvalue weighted by Crippen LogP contribution is -2.22.